The van der Waals surface area contributed by atoms with E-state index in [1.165, 1.54) is 5.57 Å². The molecule has 0 aliphatic heterocycles. The van der Waals surface area contributed by atoms with Crippen molar-refractivity contribution in [3.63, 3.8) is 0 Å². The lowest BCUT2D eigenvalue weighted by molar-refractivity contribution is -0.113. The predicted octanol–water partition coefficient (Wildman–Crippen LogP) is 1.82. The quantitative estimate of drug-likeness (QED) is 0.514. The third-order valence-electron chi connectivity index (χ3n) is 1.61. The van der Waals surface area contributed by atoms with Crippen molar-refractivity contribution in [2.24, 2.45) is 5.73 Å². The third kappa shape index (κ3) is 3.49. The van der Waals surface area contributed by atoms with Gasteiger partial charge in [-0.2, -0.15) is 0 Å². The summed E-state index contributed by atoms with van der Waals surface area (Å²) >= 11 is 0. The second kappa shape index (κ2) is 4.88. The van der Waals surface area contributed by atoms with E-state index in [4.69, 9.17) is 5.73 Å². The first-order valence-electron chi connectivity index (χ1n) is 4.04. The van der Waals surface area contributed by atoms with Crippen molar-refractivity contribution in [3.8, 4) is 0 Å². The van der Waals surface area contributed by atoms with E-state index < -0.39 is 0 Å². The Morgan fingerprint density at radius 2 is 1.75 bits per heavy atom. The Labute approximate surface area is 74.1 Å². The maximum Gasteiger partial charge on any atom is 0.157 e. The monoisotopic (exact) mass is 167 g/mol. The summed E-state index contributed by atoms with van der Waals surface area (Å²) in [5, 5.41) is 0. The van der Waals surface area contributed by atoms with Crippen molar-refractivity contribution in [1.29, 1.82) is 0 Å². The number of hydrogen-bond acceptors (Lipinski definition) is 2. The lowest BCUT2D eigenvalue weighted by Crippen LogP contribution is -2.11. The van der Waals surface area contributed by atoms with E-state index in [1.54, 1.807) is 6.92 Å². The molecular formula is C10H17NO. The van der Waals surface area contributed by atoms with Gasteiger partial charge in [-0.05, 0) is 33.3 Å². The van der Waals surface area contributed by atoms with Crippen LogP contribution in [0, 0.1) is 0 Å². The van der Waals surface area contributed by atoms with Gasteiger partial charge in [0.1, 0.15) is 0 Å². The Morgan fingerprint density at radius 1 is 1.25 bits per heavy atom. The van der Waals surface area contributed by atoms with Gasteiger partial charge in [-0.15, -0.1) is 0 Å². The van der Waals surface area contributed by atoms with Crippen molar-refractivity contribution < 1.29 is 4.79 Å². The first-order chi connectivity index (χ1) is 5.49. The summed E-state index contributed by atoms with van der Waals surface area (Å²) in [4.78, 5) is 11.0. The van der Waals surface area contributed by atoms with Crippen LogP contribution in [0.25, 0.3) is 0 Å². The Kier molecular flexibility index (Phi) is 4.52. The van der Waals surface area contributed by atoms with Crippen LogP contribution in [0.2, 0.25) is 0 Å². The summed E-state index contributed by atoms with van der Waals surface area (Å²) < 4.78 is 0. The largest absolute Gasteiger partial charge is 0.326 e. The van der Waals surface area contributed by atoms with E-state index in [1.807, 2.05) is 26.8 Å². The van der Waals surface area contributed by atoms with Gasteiger partial charge < -0.3 is 5.73 Å². The maximum absolute atomic E-state index is 11.0. The molecule has 68 valence electrons. The molecule has 0 radical (unpaired) electrons. The van der Waals surface area contributed by atoms with Crippen LogP contribution in [0.3, 0.4) is 0 Å². The molecule has 0 bridgehead atoms. The SMILES string of the molecule is CC(=O)/C(CN)=C(/C)C=C(C)C. The molecule has 0 unspecified atom stereocenters. The molecule has 0 spiro atoms. The average Bonchev–Trinajstić information content (AvgIpc) is 1.85. The number of nitrogens with two attached hydrogens (primary N) is 1. The summed E-state index contributed by atoms with van der Waals surface area (Å²) in [6, 6.07) is 0. The summed E-state index contributed by atoms with van der Waals surface area (Å²) in [5.74, 6) is 0.0625. The summed E-state index contributed by atoms with van der Waals surface area (Å²) in [6.45, 7) is 7.78. The normalized spacial score (nSPS) is 12.1. The van der Waals surface area contributed by atoms with Gasteiger partial charge in [-0.25, -0.2) is 0 Å². The molecule has 0 aromatic carbocycles. The van der Waals surface area contributed by atoms with E-state index in [0.29, 0.717) is 6.54 Å². The Morgan fingerprint density at radius 3 is 2.00 bits per heavy atom. The number of ketones is 1. The zero-order valence-electron chi connectivity index (χ0n) is 8.27. The number of carbonyl (C=O) groups is 1. The van der Waals surface area contributed by atoms with Crippen LogP contribution < -0.4 is 5.73 Å². The topological polar surface area (TPSA) is 43.1 Å². The third-order valence-corrected chi connectivity index (χ3v) is 1.61. The van der Waals surface area contributed by atoms with Crippen molar-refractivity contribution in [2.45, 2.75) is 27.7 Å². The fourth-order valence-electron chi connectivity index (χ4n) is 1.10. The van der Waals surface area contributed by atoms with Gasteiger partial charge in [0.25, 0.3) is 0 Å². The lowest BCUT2D eigenvalue weighted by Gasteiger charge is -2.02. The molecule has 0 aromatic heterocycles. The molecule has 12 heavy (non-hydrogen) atoms. The zero-order valence-corrected chi connectivity index (χ0v) is 8.27. The van der Waals surface area contributed by atoms with E-state index >= 15 is 0 Å². The highest BCUT2D eigenvalue weighted by Crippen LogP contribution is 2.07. The standard InChI is InChI=1S/C10H17NO/c1-7(2)5-8(3)10(6-11)9(4)12/h5H,6,11H2,1-4H3/b10-8-. The summed E-state index contributed by atoms with van der Waals surface area (Å²) in [6.07, 6.45) is 1.98. The fraction of sp³-hybridized carbons (Fsp3) is 0.500. The summed E-state index contributed by atoms with van der Waals surface area (Å²) in [5.41, 5.74) is 8.32. The Balaban J connectivity index is 4.85. The molecule has 0 heterocycles. The van der Waals surface area contributed by atoms with Crippen LogP contribution in [0.1, 0.15) is 27.7 Å². The molecule has 0 atom stereocenters. The number of Topliss-reactive ketones (excluding diaryl/α,β-unsaturated/α-hetero) is 1. The highest BCUT2D eigenvalue weighted by Gasteiger charge is 2.03. The van der Waals surface area contributed by atoms with Gasteiger partial charge in [0.05, 0.1) is 0 Å². The number of carbonyl (C=O) groups excluding carboxylic acids is 1. The zero-order chi connectivity index (χ0) is 9.72. The van der Waals surface area contributed by atoms with Gasteiger partial charge in [0, 0.05) is 12.1 Å². The predicted molar refractivity (Wildman–Crippen MR) is 51.9 cm³/mol. The van der Waals surface area contributed by atoms with Gasteiger partial charge in [0.15, 0.2) is 5.78 Å². The average molecular weight is 167 g/mol. The Bertz CT molecular complexity index is 232. The van der Waals surface area contributed by atoms with Crippen LogP contribution in [0.15, 0.2) is 22.8 Å². The number of hydrogen-bond donors (Lipinski definition) is 1. The second-order valence-electron chi connectivity index (χ2n) is 3.14. The molecule has 0 amide bonds. The first-order valence-corrected chi connectivity index (χ1v) is 4.04. The maximum atomic E-state index is 11.0. The van der Waals surface area contributed by atoms with Gasteiger partial charge in [-0.3, -0.25) is 4.79 Å². The molecule has 2 heteroatoms. The minimum atomic E-state index is 0.0625. The molecule has 0 aliphatic carbocycles. The molecule has 0 aliphatic rings. The highest BCUT2D eigenvalue weighted by atomic mass is 16.1. The summed E-state index contributed by atoms with van der Waals surface area (Å²) in [7, 11) is 0. The van der Waals surface area contributed by atoms with Crippen LogP contribution in [-0.2, 0) is 4.79 Å². The molecule has 0 rings (SSSR count). The van der Waals surface area contributed by atoms with Crippen molar-refractivity contribution in [1.82, 2.24) is 0 Å². The van der Waals surface area contributed by atoms with Crippen LogP contribution in [0.4, 0.5) is 0 Å². The number of allylic oxidation sites excluding steroid dienone is 3. The smallest absolute Gasteiger partial charge is 0.157 e. The fourth-order valence-corrected chi connectivity index (χ4v) is 1.10. The molecule has 0 aromatic rings. The van der Waals surface area contributed by atoms with E-state index in [2.05, 4.69) is 0 Å². The minimum Gasteiger partial charge on any atom is -0.326 e. The van der Waals surface area contributed by atoms with E-state index in [-0.39, 0.29) is 5.78 Å². The van der Waals surface area contributed by atoms with Gasteiger partial charge in [-0.1, -0.05) is 11.6 Å². The van der Waals surface area contributed by atoms with Crippen LogP contribution >= 0.6 is 0 Å². The molecule has 0 fully saturated rings. The Hall–Kier alpha value is -0.890. The van der Waals surface area contributed by atoms with Crippen LogP contribution in [0.5, 0.6) is 0 Å². The number of rotatable bonds is 3. The lowest BCUT2D eigenvalue weighted by atomic mass is 10.0. The first kappa shape index (κ1) is 11.1. The highest BCUT2D eigenvalue weighted by molar-refractivity contribution is 5.94. The molecule has 0 saturated heterocycles. The van der Waals surface area contributed by atoms with Crippen molar-refractivity contribution in [3.05, 3.63) is 22.8 Å². The van der Waals surface area contributed by atoms with Crippen molar-refractivity contribution >= 4 is 5.78 Å². The molecule has 2 N–H and O–H groups in total. The van der Waals surface area contributed by atoms with E-state index in [9.17, 15) is 4.79 Å². The molecular weight excluding hydrogens is 150 g/mol. The van der Waals surface area contributed by atoms with E-state index in [0.717, 1.165) is 11.1 Å². The van der Waals surface area contributed by atoms with Crippen LogP contribution in [-0.4, -0.2) is 12.3 Å². The molecule has 2 nitrogen and oxygen atoms in total. The second-order valence-corrected chi connectivity index (χ2v) is 3.14. The minimum absolute atomic E-state index is 0.0625. The van der Waals surface area contributed by atoms with Crippen molar-refractivity contribution in [2.75, 3.05) is 6.54 Å². The van der Waals surface area contributed by atoms with Gasteiger partial charge in [0.2, 0.25) is 0 Å². The molecule has 0 saturated carbocycles. The van der Waals surface area contributed by atoms with Gasteiger partial charge >= 0.3 is 0 Å².